The molecule has 0 unspecified atom stereocenters. The maximum atomic E-state index is 12.9. The van der Waals surface area contributed by atoms with Crippen molar-refractivity contribution in [1.82, 2.24) is 14.6 Å². The smallest absolute Gasteiger partial charge is 0.243 e. The third-order valence-corrected chi connectivity index (χ3v) is 5.94. The van der Waals surface area contributed by atoms with E-state index in [1.54, 1.807) is 42.7 Å². The normalized spacial score (nSPS) is 21.0. The van der Waals surface area contributed by atoms with Crippen molar-refractivity contribution < 1.29 is 17.9 Å². The first kappa shape index (κ1) is 17.4. The fourth-order valence-corrected chi connectivity index (χ4v) is 4.51. The van der Waals surface area contributed by atoms with Gasteiger partial charge in [0.1, 0.15) is 17.9 Å². The van der Waals surface area contributed by atoms with Gasteiger partial charge in [0.05, 0.1) is 17.6 Å². The molecule has 1 saturated heterocycles. The fourth-order valence-electron chi connectivity index (χ4n) is 2.86. The Balaban J connectivity index is 1.87. The van der Waals surface area contributed by atoms with Gasteiger partial charge in [-0.3, -0.25) is 9.78 Å². The van der Waals surface area contributed by atoms with Crippen LogP contribution in [0, 0.1) is 0 Å². The Kier molecular flexibility index (Phi) is 5.00. The molecule has 0 radical (unpaired) electrons. The minimum atomic E-state index is -3.79. The second-order valence-corrected chi connectivity index (χ2v) is 7.57. The first-order valence-electron chi connectivity index (χ1n) is 7.87. The average Bonchev–Trinajstić information content (AvgIpc) is 3.07. The number of amides is 1. The monoisotopic (exact) mass is 361 g/mol. The molecular weight excluding hydrogens is 342 g/mol. The predicted octanol–water partition coefficient (Wildman–Crippen LogP) is 1.04. The minimum absolute atomic E-state index is 0.101. The molecular formula is C17H19N3O4S. The van der Waals surface area contributed by atoms with E-state index in [0.29, 0.717) is 5.75 Å². The van der Waals surface area contributed by atoms with Gasteiger partial charge in [0.25, 0.3) is 0 Å². The van der Waals surface area contributed by atoms with Crippen molar-refractivity contribution in [2.24, 2.45) is 0 Å². The van der Waals surface area contributed by atoms with Crippen molar-refractivity contribution in [2.45, 2.75) is 23.5 Å². The van der Waals surface area contributed by atoms with Crippen molar-refractivity contribution in [3.05, 3.63) is 54.9 Å². The summed E-state index contributed by atoms with van der Waals surface area (Å²) < 4.78 is 32.9. The van der Waals surface area contributed by atoms with Crippen molar-refractivity contribution in [2.75, 3.05) is 13.6 Å². The van der Waals surface area contributed by atoms with Gasteiger partial charge in [-0.2, -0.15) is 4.31 Å². The number of rotatable bonds is 5. The van der Waals surface area contributed by atoms with Crippen LogP contribution in [0.25, 0.3) is 0 Å². The molecule has 7 nitrogen and oxygen atoms in total. The summed E-state index contributed by atoms with van der Waals surface area (Å²) in [5, 5.41) is 2.53. The molecule has 1 aliphatic heterocycles. The number of benzene rings is 1. The molecule has 0 aliphatic carbocycles. The number of pyridine rings is 1. The van der Waals surface area contributed by atoms with Crippen LogP contribution in [0.1, 0.15) is 6.42 Å². The zero-order valence-corrected chi connectivity index (χ0v) is 14.5. The van der Waals surface area contributed by atoms with Crippen LogP contribution in [0.3, 0.4) is 0 Å². The highest BCUT2D eigenvalue weighted by Gasteiger charge is 2.44. The van der Waals surface area contributed by atoms with E-state index >= 15 is 0 Å². The van der Waals surface area contributed by atoms with E-state index in [1.807, 2.05) is 0 Å². The van der Waals surface area contributed by atoms with Crippen LogP contribution in [0.2, 0.25) is 0 Å². The van der Waals surface area contributed by atoms with E-state index in [2.05, 4.69) is 10.3 Å². The number of aromatic nitrogens is 1. The van der Waals surface area contributed by atoms with Crippen LogP contribution in [0.4, 0.5) is 0 Å². The molecule has 0 saturated carbocycles. The van der Waals surface area contributed by atoms with E-state index < -0.39 is 22.2 Å². The van der Waals surface area contributed by atoms with Crippen LogP contribution in [0.5, 0.6) is 5.75 Å². The molecule has 2 atom stereocenters. The first-order valence-corrected chi connectivity index (χ1v) is 9.31. The van der Waals surface area contributed by atoms with Crippen LogP contribution >= 0.6 is 0 Å². The SMILES string of the molecule is CNC(=O)[C@H]1C[C@H](Oc2cccnc2)CN1S(=O)(=O)c1ccccc1. The number of carbonyl (C=O) groups excluding carboxylic acids is 1. The molecule has 1 aromatic heterocycles. The van der Waals surface area contributed by atoms with Gasteiger partial charge in [0, 0.05) is 19.7 Å². The number of nitrogens with one attached hydrogen (secondary N) is 1. The second kappa shape index (κ2) is 7.20. The molecule has 132 valence electrons. The first-order chi connectivity index (χ1) is 12.0. The highest BCUT2D eigenvalue weighted by atomic mass is 32.2. The number of ether oxygens (including phenoxy) is 1. The largest absolute Gasteiger partial charge is 0.487 e. The molecule has 1 amide bonds. The van der Waals surface area contributed by atoms with E-state index in [-0.39, 0.29) is 23.8 Å². The Labute approximate surface area is 146 Å². The number of nitrogens with zero attached hydrogens (tertiary/aromatic N) is 2. The standard InChI is InChI=1S/C17H19N3O4S/c1-18-17(21)16-10-14(24-13-6-5-9-19-11-13)12-20(16)25(22,23)15-7-3-2-4-8-15/h2-9,11,14,16H,10,12H2,1H3,(H,18,21)/t14-,16+/m0/s1. The Hall–Kier alpha value is -2.45. The molecule has 1 N–H and O–H groups in total. The highest BCUT2D eigenvalue weighted by molar-refractivity contribution is 7.89. The van der Waals surface area contributed by atoms with Crippen molar-refractivity contribution in [3.8, 4) is 5.75 Å². The lowest BCUT2D eigenvalue weighted by molar-refractivity contribution is -0.123. The van der Waals surface area contributed by atoms with Gasteiger partial charge < -0.3 is 10.1 Å². The lowest BCUT2D eigenvalue weighted by atomic mass is 10.2. The van der Waals surface area contributed by atoms with Gasteiger partial charge in [-0.05, 0) is 24.3 Å². The molecule has 8 heteroatoms. The number of sulfonamides is 1. The van der Waals surface area contributed by atoms with Gasteiger partial charge in [0.15, 0.2) is 0 Å². The summed E-state index contributed by atoms with van der Waals surface area (Å²) >= 11 is 0. The highest BCUT2D eigenvalue weighted by Crippen LogP contribution is 2.28. The third kappa shape index (κ3) is 3.64. The lowest BCUT2D eigenvalue weighted by Crippen LogP contribution is -2.44. The van der Waals surface area contributed by atoms with Crippen LogP contribution in [0.15, 0.2) is 59.8 Å². The molecule has 3 rings (SSSR count). The number of likely N-dealkylation sites (N-methyl/N-ethyl adjacent to an activating group) is 1. The quantitative estimate of drug-likeness (QED) is 0.860. The minimum Gasteiger partial charge on any atom is -0.487 e. The molecule has 25 heavy (non-hydrogen) atoms. The topological polar surface area (TPSA) is 88.6 Å². The van der Waals surface area contributed by atoms with E-state index in [4.69, 9.17) is 4.74 Å². The molecule has 2 heterocycles. The molecule has 1 fully saturated rings. The maximum Gasteiger partial charge on any atom is 0.243 e. The molecule has 0 bridgehead atoms. The Morgan fingerprint density at radius 3 is 2.64 bits per heavy atom. The van der Waals surface area contributed by atoms with Gasteiger partial charge in [-0.15, -0.1) is 0 Å². The summed E-state index contributed by atoms with van der Waals surface area (Å²) in [6, 6.07) is 10.8. The predicted molar refractivity (Wildman–Crippen MR) is 91.5 cm³/mol. The van der Waals surface area contributed by atoms with Crippen molar-refractivity contribution in [1.29, 1.82) is 0 Å². The van der Waals surface area contributed by atoms with E-state index in [9.17, 15) is 13.2 Å². The fraction of sp³-hybridized carbons (Fsp3) is 0.294. The van der Waals surface area contributed by atoms with Crippen LogP contribution < -0.4 is 10.1 Å². The number of hydrogen-bond donors (Lipinski definition) is 1. The van der Waals surface area contributed by atoms with E-state index in [0.717, 1.165) is 0 Å². The summed E-state index contributed by atoms with van der Waals surface area (Å²) in [5.74, 6) is 0.193. The summed E-state index contributed by atoms with van der Waals surface area (Å²) in [6.45, 7) is 0.101. The average molecular weight is 361 g/mol. The van der Waals surface area contributed by atoms with Gasteiger partial charge in [0.2, 0.25) is 15.9 Å². The summed E-state index contributed by atoms with van der Waals surface area (Å²) in [7, 11) is -2.30. The zero-order valence-electron chi connectivity index (χ0n) is 13.7. The molecule has 2 aromatic rings. The zero-order chi connectivity index (χ0) is 17.9. The number of hydrogen-bond acceptors (Lipinski definition) is 5. The second-order valence-electron chi connectivity index (χ2n) is 5.68. The van der Waals surface area contributed by atoms with Crippen molar-refractivity contribution in [3.63, 3.8) is 0 Å². The van der Waals surface area contributed by atoms with Crippen molar-refractivity contribution >= 4 is 15.9 Å². The molecule has 1 aromatic carbocycles. The van der Waals surface area contributed by atoms with Crippen LogP contribution in [-0.4, -0.2) is 49.4 Å². The van der Waals surface area contributed by atoms with Crippen LogP contribution in [-0.2, 0) is 14.8 Å². The maximum absolute atomic E-state index is 12.9. The summed E-state index contributed by atoms with van der Waals surface area (Å²) in [4.78, 5) is 16.3. The summed E-state index contributed by atoms with van der Waals surface area (Å²) in [5.41, 5.74) is 0. The summed E-state index contributed by atoms with van der Waals surface area (Å²) in [6.07, 6.45) is 3.04. The van der Waals surface area contributed by atoms with Gasteiger partial charge in [-0.1, -0.05) is 18.2 Å². The van der Waals surface area contributed by atoms with Gasteiger partial charge in [-0.25, -0.2) is 8.42 Å². The Morgan fingerprint density at radius 1 is 1.24 bits per heavy atom. The molecule has 0 spiro atoms. The lowest BCUT2D eigenvalue weighted by Gasteiger charge is -2.22. The number of carbonyl (C=O) groups is 1. The third-order valence-electron chi connectivity index (χ3n) is 4.05. The van der Waals surface area contributed by atoms with E-state index in [1.165, 1.54) is 23.5 Å². The molecule has 1 aliphatic rings. The Morgan fingerprint density at radius 2 is 2.00 bits per heavy atom. The van der Waals surface area contributed by atoms with Gasteiger partial charge >= 0.3 is 0 Å². The Bertz CT molecular complexity index is 827.